The van der Waals surface area contributed by atoms with Crippen molar-refractivity contribution < 1.29 is 5.11 Å². The Labute approximate surface area is 141 Å². The molecule has 3 heteroatoms. The summed E-state index contributed by atoms with van der Waals surface area (Å²) in [7, 11) is 0. The van der Waals surface area contributed by atoms with Crippen molar-refractivity contribution in [2.24, 2.45) is 5.92 Å². The quantitative estimate of drug-likeness (QED) is 0.724. The molecule has 0 heterocycles. The molecule has 0 spiro atoms. The van der Waals surface area contributed by atoms with Gasteiger partial charge in [0.25, 0.3) is 0 Å². The minimum atomic E-state index is 0.331. The van der Waals surface area contributed by atoms with Crippen LogP contribution in [0.5, 0.6) is 0 Å². The summed E-state index contributed by atoms with van der Waals surface area (Å²) < 4.78 is 0. The lowest BCUT2D eigenvalue weighted by Gasteiger charge is -2.04. The van der Waals surface area contributed by atoms with Crippen molar-refractivity contribution in [1.82, 2.24) is 0 Å². The summed E-state index contributed by atoms with van der Waals surface area (Å²) in [4.78, 5) is 0. The highest BCUT2D eigenvalue weighted by Gasteiger charge is 1.95. The van der Waals surface area contributed by atoms with E-state index in [1.807, 2.05) is 23.5 Å². The second-order valence-electron chi connectivity index (χ2n) is 5.62. The lowest BCUT2D eigenvalue weighted by Crippen LogP contribution is -1.89. The molecule has 1 aromatic rings. The summed E-state index contributed by atoms with van der Waals surface area (Å²) in [5.74, 6) is 0.648. The molecule has 0 aliphatic carbocycles. The maximum absolute atomic E-state index is 8.24. The SMILES string of the molecule is CC(C)CCO.CSCSC.Cc1cc(C)c(C)cc1C. The Kier molecular flexibility index (Phi) is 16.3. The molecule has 0 saturated carbocycles. The standard InChI is InChI=1S/C10H14.C5H12O.C3H8S2/c1-7-5-9(3)10(4)6-8(7)2;1-5(2)3-4-6;1-4-3-5-2/h5-6H,1-4H3;5-6H,3-4H2,1-2H3;3H2,1-2H3. The highest BCUT2D eigenvalue weighted by atomic mass is 32.2. The molecule has 0 aliphatic heterocycles. The number of rotatable bonds is 4. The first-order valence-corrected chi connectivity index (χ1v) is 10.2. The van der Waals surface area contributed by atoms with E-state index < -0.39 is 0 Å². The van der Waals surface area contributed by atoms with Crippen LogP contribution in [0.1, 0.15) is 42.5 Å². The third kappa shape index (κ3) is 14.6. The Morgan fingerprint density at radius 3 is 1.29 bits per heavy atom. The average molecular weight is 331 g/mol. The van der Waals surface area contributed by atoms with E-state index in [1.54, 1.807) is 0 Å². The minimum absolute atomic E-state index is 0.331. The van der Waals surface area contributed by atoms with Gasteiger partial charge in [-0.1, -0.05) is 26.0 Å². The molecule has 0 amide bonds. The van der Waals surface area contributed by atoms with Gasteiger partial charge in [0.15, 0.2) is 0 Å². The first-order valence-electron chi connectivity index (χ1n) is 7.43. The largest absolute Gasteiger partial charge is 0.396 e. The van der Waals surface area contributed by atoms with Crippen molar-refractivity contribution in [1.29, 1.82) is 0 Å². The van der Waals surface area contributed by atoms with Crippen LogP contribution >= 0.6 is 23.5 Å². The molecule has 124 valence electrons. The van der Waals surface area contributed by atoms with Crippen molar-refractivity contribution in [3.63, 3.8) is 0 Å². The number of hydrogen-bond donors (Lipinski definition) is 1. The molecule has 0 unspecified atom stereocenters. The Morgan fingerprint density at radius 2 is 1.19 bits per heavy atom. The van der Waals surface area contributed by atoms with Gasteiger partial charge in [-0.2, -0.15) is 23.5 Å². The number of aliphatic hydroxyl groups excluding tert-OH is 1. The van der Waals surface area contributed by atoms with Crippen LogP contribution in [0.3, 0.4) is 0 Å². The maximum Gasteiger partial charge on any atom is 0.0433 e. The molecule has 1 N–H and O–H groups in total. The summed E-state index contributed by atoms with van der Waals surface area (Å²) >= 11 is 3.73. The molecule has 1 nitrogen and oxygen atoms in total. The molecular weight excluding hydrogens is 296 g/mol. The third-order valence-corrected chi connectivity index (χ3v) is 4.94. The van der Waals surface area contributed by atoms with Crippen LogP contribution in [0.25, 0.3) is 0 Å². The van der Waals surface area contributed by atoms with Gasteiger partial charge in [-0.25, -0.2) is 0 Å². The van der Waals surface area contributed by atoms with Crippen molar-refractivity contribution in [3.05, 3.63) is 34.4 Å². The predicted molar refractivity (Wildman–Crippen MR) is 104 cm³/mol. The predicted octanol–water partition coefficient (Wildman–Crippen LogP) is 5.61. The van der Waals surface area contributed by atoms with E-state index in [4.69, 9.17) is 5.11 Å². The highest BCUT2D eigenvalue weighted by molar-refractivity contribution is 8.15. The number of hydrogen-bond acceptors (Lipinski definition) is 3. The van der Waals surface area contributed by atoms with Crippen LogP contribution in [0.2, 0.25) is 0 Å². The highest BCUT2D eigenvalue weighted by Crippen LogP contribution is 2.13. The number of aryl methyl sites for hydroxylation is 4. The zero-order chi connectivity index (χ0) is 16.8. The van der Waals surface area contributed by atoms with Crippen molar-refractivity contribution in [3.8, 4) is 0 Å². The van der Waals surface area contributed by atoms with Gasteiger partial charge in [0, 0.05) is 11.7 Å². The Morgan fingerprint density at radius 1 is 0.857 bits per heavy atom. The van der Waals surface area contributed by atoms with E-state index in [0.717, 1.165) is 6.42 Å². The first kappa shape index (κ1) is 23.2. The van der Waals surface area contributed by atoms with Gasteiger partial charge in [-0.05, 0) is 74.8 Å². The van der Waals surface area contributed by atoms with Gasteiger partial charge in [0.05, 0.1) is 0 Å². The number of benzene rings is 1. The lowest BCUT2D eigenvalue weighted by atomic mass is 10.0. The first-order chi connectivity index (χ1) is 9.79. The van der Waals surface area contributed by atoms with Gasteiger partial charge in [-0.15, -0.1) is 0 Å². The van der Waals surface area contributed by atoms with E-state index in [1.165, 1.54) is 27.3 Å². The fourth-order valence-corrected chi connectivity index (χ4v) is 2.42. The van der Waals surface area contributed by atoms with Crippen molar-refractivity contribution >= 4 is 23.5 Å². The smallest absolute Gasteiger partial charge is 0.0433 e. The van der Waals surface area contributed by atoms with Gasteiger partial charge in [0.1, 0.15) is 0 Å². The number of thioether (sulfide) groups is 2. The molecule has 0 aromatic heterocycles. The fourth-order valence-electron chi connectivity index (χ4n) is 1.48. The van der Waals surface area contributed by atoms with Crippen molar-refractivity contribution in [2.45, 2.75) is 48.0 Å². The lowest BCUT2D eigenvalue weighted by molar-refractivity contribution is 0.268. The normalized spacial score (nSPS) is 9.62. The van der Waals surface area contributed by atoms with Crippen LogP contribution in [0.15, 0.2) is 12.1 Å². The molecule has 0 bridgehead atoms. The van der Waals surface area contributed by atoms with E-state index in [-0.39, 0.29) is 0 Å². The molecule has 0 radical (unpaired) electrons. The van der Waals surface area contributed by atoms with Crippen LogP contribution in [0, 0.1) is 33.6 Å². The average Bonchev–Trinajstić information content (AvgIpc) is 2.39. The van der Waals surface area contributed by atoms with E-state index in [0.29, 0.717) is 12.5 Å². The van der Waals surface area contributed by atoms with Gasteiger partial charge in [-0.3, -0.25) is 0 Å². The summed E-state index contributed by atoms with van der Waals surface area (Å²) in [5, 5.41) is 9.46. The molecule has 0 atom stereocenters. The van der Waals surface area contributed by atoms with Crippen LogP contribution < -0.4 is 0 Å². The molecule has 0 fully saturated rings. The number of aliphatic hydroxyl groups is 1. The van der Waals surface area contributed by atoms with E-state index in [9.17, 15) is 0 Å². The van der Waals surface area contributed by atoms with Gasteiger partial charge >= 0.3 is 0 Å². The van der Waals surface area contributed by atoms with Gasteiger partial charge < -0.3 is 5.11 Å². The Hall–Kier alpha value is -0.120. The molecule has 1 rings (SSSR count). The molecule has 0 aliphatic rings. The Bertz CT molecular complexity index is 310. The van der Waals surface area contributed by atoms with E-state index in [2.05, 4.69) is 66.2 Å². The summed E-state index contributed by atoms with van der Waals surface area (Å²) in [6, 6.07) is 4.48. The van der Waals surface area contributed by atoms with Gasteiger partial charge in [0.2, 0.25) is 0 Å². The molecule has 21 heavy (non-hydrogen) atoms. The summed E-state index contributed by atoms with van der Waals surface area (Å²) in [6.45, 7) is 13.1. The maximum atomic E-state index is 8.24. The summed E-state index contributed by atoms with van der Waals surface area (Å²) in [6.07, 6.45) is 5.15. The van der Waals surface area contributed by atoms with Crippen LogP contribution in [-0.4, -0.2) is 29.3 Å². The topological polar surface area (TPSA) is 20.2 Å². The molecular formula is C18H34OS2. The molecule has 0 saturated heterocycles. The van der Waals surface area contributed by atoms with E-state index >= 15 is 0 Å². The zero-order valence-electron chi connectivity index (χ0n) is 15.1. The monoisotopic (exact) mass is 330 g/mol. The Balaban J connectivity index is 0. The van der Waals surface area contributed by atoms with Crippen LogP contribution in [0.4, 0.5) is 0 Å². The summed E-state index contributed by atoms with van der Waals surface area (Å²) in [5.41, 5.74) is 5.57. The van der Waals surface area contributed by atoms with Crippen molar-refractivity contribution in [2.75, 3.05) is 24.2 Å². The second kappa shape index (κ2) is 14.8. The zero-order valence-corrected chi connectivity index (χ0v) is 16.8. The minimum Gasteiger partial charge on any atom is -0.396 e. The third-order valence-electron chi connectivity index (χ3n) is 3.05. The fraction of sp³-hybridized carbons (Fsp3) is 0.667. The molecule has 1 aromatic carbocycles. The van der Waals surface area contributed by atoms with Crippen LogP contribution in [-0.2, 0) is 0 Å². The second-order valence-corrected chi connectivity index (χ2v) is 7.72.